The quantitative estimate of drug-likeness (QED) is 0.718. The van der Waals surface area contributed by atoms with Crippen molar-refractivity contribution in [3.05, 3.63) is 29.8 Å². The van der Waals surface area contributed by atoms with Crippen molar-refractivity contribution >= 4 is 18.3 Å². The van der Waals surface area contributed by atoms with Crippen molar-refractivity contribution in [2.75, 3.05) is 19.7 Å². The van der Waals surface area contributed by atoms with Gasteiger partial charge in [-0.3, -0.25) is 4.79 Å². The minimum Gasteiger partial charge on any atom is -0.483 e. The Bertz CT molecular complexity index is 372. The van der Waals surface area contributed by atoms with E-state index in [1.165, 1.54) is 0 Å². The lowest BCUT2D eigenvalue weighted by molar-refractivity contribution is -0.123. The fourth-order valence-electron chi connectivity index (χ4n) is 1.63. The Kier molecular flexibility index (Phi) is 9.94. The minimum absolute atomic E-state index is 0. The maximum Gasteiger partial charge on any atom is 0.257 e. The molecule has 1 rings (SSSR count). The van der Waals surface area contributed by atoms with Crippen LogP contribution in [0.2, 0.25) is 0 Å². The van der Waals surface area contributed by atoms with Gasteiger partial charge in [-0.05, 0) is 37.4 Å². The maximum atomic E-state index is 11.5. The summed E-state index contributed by atoms with van der Waals surface area (Å²) in [4.78, 5) is 11.5. The molecule has 19 heavy (non-hydrogen) atoms. The molecule has 0 aliphatic rings. The molecule has 0 heterocycles. The summed E-state index contributed by atoms with van der Waals surface area (Å²) >= 11 is 0. The average molecular weight is 287 g/mol. The van der Waals surface area contributed by atoms with Crippen molar-refractivity contribution in [2.24, 2.45) is 5.73 Å². The zero-order valence-corrected chi connectivity index (χ0v) is 12.2. The molecule has 0 aliphatic carbocycles. The summed E-state index contributed by atoms with van der Waals surface area (Å²) in [5.74, 6) is 0.704. The third-order valence-corrected chi connectivity index (χ3v) is 2.67. The predicted molar refractivity (Wildman–Crippen MR) is 79.9 cm³/mol. The molecule has 1 aromatic carbocycles. The SMILES string of the molecule is CCc1ccccc1OCC(=O)NCCCCN.Cl. The van der Waals surface area contributed by atoms with Crippen LogP contribution in [-0.2, 0) is 11.2 Å². The van der Waals surface area contributed by atoms with Crippen molar-refractivity contribution in [2.45, 2.75) is 26.2 Å². The second kappa shape index (κ2) is 10.6. The Morgan fingerprint density at radius 3 is 2.74 bits per heavy atom. The lowest BCUT2D eigenvalue weighted by atomic mass is 10.1. The van der Waals surface area contributed by atoms with Gasteiger partial charge in [-0.15, -0.1) is 12.4 Å². The van der Waals surface area contributed by atoms with Gasteiger partial charge in [0.05, 0.1) is 0 Å². The first-order valence-electron chi connectivity index (χ1n) is 6.45. The number of halogens is 1. The predicted octanol–water partition coefficient (Wildman–Crippen LogP) is 1.90. The molecule has 0 aliphatic heterocycles. The van der Waals surface area contributed by atoms with Crippen molar-refractivity contribution in [3.63, 3.8) is 0 Å². The van der Waals surface area contributed by atoms with Crippen LogP contribution in [0, 0.1) is 0 Å². The van der Waals surface area contributed by atoms with E-state index in [4.69, 9.17) is 10.5 Å². The first-order valence-corrected chi connectivity index (χ1v) is 6.45. The number of carbonyl (C=O) groups excluding carboxylic acids is 1. The smallest absolute Gasteiger partial charge is 0.257 e. The molecule has 0 saturated heterocycles. The van der Waals surface area contributed by atoms with Gasteiger partial charge >= 0.3 is 0 Å². The van der Waals surface area contributed by atoms with Gasteiger partial charge in [0.2, 0.25) is 0 Å². The largest absolute Gasteiger partial charge is 0.483 e. The highest BCUT2D eigenvalue weighted by Crippen LogP contribution is 2.17. The highest BCUT2D eigenvalue weighted by atomic mass is 35.5. The van der Waals surface area contributed by atoms with Gasteiger partial charge in [0.25, 0.3) is 5.91 Å². The van der Waals surface area contributed by atoms with Gasteiger partial charge in [-0.25, -0.2) is 0 Å². The molecule has 0 saturated carbocycles. The van der Waals surface area contributed by atoms with Gasteiger partial charge < -0.3 is 15.8 Å². The van der Waals surface area contributed by atoms with Crippen molar-refractivity contribution in [1.29, 1.82) is 0 Å². The van der Waals surface area contributed by atoms with Crippen LogP contribution < -0.4 is 15.8 Å². The van der Waals surface area contributed by atoms with E-state index in [0.717, 1.165) is 30.6 Å². The fraction of sp³-hybridized carbons (Fsp3) is 0.500. The van der Waals surface area contributed by atoms with Crippen LogP contribution in [-0.4, -0.2) is 25.6 Å². The molecule has 5 heteroatoms. The monoisotopic (exact) mass is 286 g/mol. The lowest BCUT2D eigenvalue weighted by Crippen LogP contribution is -2.30. The van der Waals surface area contributed by atoms with Crippen LogP contribution in [0.3, 0.4) is 0 Å². The summed E-state index contributed by atoms with van der Waals surface area (Å²) in [6.45, 7) is 3.46. The fourth-order valence-corrected chi connectivity index (χ4v) is 1.63. The molecular formula is C14H23ClN2O2. The maximum absolute atomic E-state index is 11.5. The molecule has 0 aromatic heterocycles. The standard InChI is InChI=1S/C14H22N2O2.ClH/c1-2-12-7-3-4-8-13(12)18-11-14(17)16-10-6-5-9-15;/h3-4,7-8H,2,5-6,9-11,15H2,1H3,(H,16,17);1H. The number of rotatable bonds is 8. The van der Waals surface area contributed by atoms with Gasteiger partial charge in [-0.1, -0.05) is 25.1 Å². The van der Waals surface area contributed by atoms with Gasteiger partial charge in [0.1, 0.15) is 5.75 Å². The lowest BCUT2D eigenvalue weighted by Gasteiger charge is -2.10. The zero-order chi connectivity index (χ0) is 13.2. The molecule has 0 radical (unpaired) electrons. The molecule has 0 spiro atoms. The second-order valence-corrected chi connectivity index (χ2v) is 4.10. The molecule has 1 aromatic rings. The van der Waals surface area contributed by atoms with E-state index < -0.39 is 0 Å². The van der Waals surface area contributed by atoms with E-state index in [0.29, 0.717) is 13.1 Å². The molecule has 0 bridgehead atoms. The number of nitrogens with two attached hydrogens (primary N) is 1. The number of amides is 1. The van der Waals surface area contributed by atoms with Gasteiger partial charge in [-0.2, -0.15) is 0 Å². The Hall–Kier alpha value is -1.26. The van der Waals surface area contributed by atoms with Crippen molar-refractivity contribution < 1.29 is 9.53 Å². The van der Waals surface area contributed by atoms with E-state index in [1.807, 2.05) is 24.3 Å². The average Bonchev–Trinajstić information content (AvgIpc) is 2.41. The molecule has 108 valence electrons. The number of unbranched alkanes of at least 4 members (excludes halogenated alkanes) is 1. The Morgan fingerprint density at radius 2 is 2.05 bits per heavy atom. The van der Waals surface area contributed by atoms with E-state index in [9.17, 15) is 4.79 Å². The summed E-state index contributed by atoms with van der Waals surface area (Å²) in [6.07, 6.45) is 2.74. The number of benzene rings is 1. The van der Waals surface area contributed by atoms with E-state index in [-0.39, 0.29) is 24.9 Å². The molecule has 0 atom stereocenters. The summed E-state index contributed by atoms with van der Waals surface area (Å²) in [6, 6.07) is 7.78. The molecular weight excluding hydrogens is 264 g/mol. The molecule has 0 unspecified atom stereocenters. The normalized spacial score (nSPS) is 9.58. The van der Waals surface area contributed by atoms with Crippen molar-refractivity contribution in [3.8, 4) is 5.75 Å². The van der Waals surface area contributed by atoms with Crippen LogP contribution in [0.25, 0.3) is 0 Å². The number of aryl methyl sites for hydroxylation is 1. The first kappa shape index (κ1) is 17.7. The number of hydrogen-bond donors (Lipinski definition) is 2. The number of para-hydroxylation sites is 1. The summed E-state index contributed by atoms with van der Waals surface area (Å²) < 4.78 is 5.51. The molecule has 0 fully saturated rings. The number of nitrogens with one attached hydrogen (secondary N) is 1. The zero-order valence-electron chi connectivity index (χ0n) is 11.4. The van der Waals surface area contributed by atoms with Crippen LogP contribution in [0.5, 0.6) is 5.75 Å². The second-order valence-electron chi connectivity index (χ2n) is 4.10. The number of carbonyl (C=O) groups is 1. The third kappa shape index (κ3) is 7.03. The van der Waals surface area contributed by atoms with E-state index >= 15 is 0 Å². The summed E-state index contributed by atoms with van der Waals surface area (Å²) in [7, 11) is 0. The van der Waals surface area contributed by atoms with Gasteiger partial charge in [0.15, 0.2) is 6.61 Å². The number of hydrogen-bond acceptors (Lipinski definition) is 3. The minimum atomic E-state index is -0.0853. The number of ether oxygens (including phenoxy) is 1. The van der Waals surface area contributed by atoms with E-state index in [1.54, 1.807) is 0 Å². The molecule has 1 amide bonds. The van der Waals surface area contributed by atoms with Crippen LogP contribution in [0.1, 0.15) is 25.3 Å². The summed E-state index contributed by atoms with van der Waals surface area (Å²) in [5.41, 5.74) is 6.49. The molecule has 3 N–H and O–H groups in total. The topological polar surface area (TPSA) is 64.3 Å². The third-order valence-electron chi connectivity index (χ3n) is 2.67. The van der Waals surface area contributed by atoms with Crippen LogP contribution in [0.4, 0.5) is 0 Å². The van der Waals surface area contributed by atoms with Gasteiger partial charge in [0, 0.05) is 6.54 Å². The summed E-state index contributed by atoms with van der Waals surface area (Å²) in [5, 5.41) is 2.81. The highest BCUT2D eigenvalue weighted by molar-refractivity contribution is 5.85. The molecule has 4 nitrogen and oxygen atoms in total. The highest BCUT2D eigenvalue weighted by Gasteiger charge is 2.04. The Labute approximate surface area is 121 Å². The Balaban J connectivity index is 0.00000324. The van der Waals surface area contributed by atoms with Crippen molar-refractivity contribution in [1.82, 2.24) is 5.32 Å². The van der Waals surface area contributed by atoms with Crippen LogP contribution >= 0.6 is 12.4 Å². The Morgan fingerprint density at radius 1 is 1.32 bits per heavy atom. The van der Waals surface area contributed by atoms with Crippen LogP contribution in [0.15, 0.2) is 24.3 Å². The van der Waals surface area contributed by atoms with E-state index in [2.05, 4.69) is 12.2 Å². The first-order chi connectivity index (χ1) is 8.77.